The summed E-state index contributed by atoms with van der Waals surface area (Å²) in [7, 11) is 0. The fraction of sp³-hybridized carbons (Fsp3) is 0.531. The Hall–Kier alpha value is -3.19. The number of hydrogen-bond acceptors (Lipinski definition) is 5. The zero-order valence-corrected chi connectivity index (χ0v) is 22.9. The molecule has 0 unspecified atom stereocenters. The number of H-pyrrole nitrogens is 1. The van der Waals surface area contributed by atoms with Crippen LogP contribution in [-0.2, 0) is 25.5 Å². The van der Waals surface area contributed by atoms with E-state index in [1.54, 1.807) is 6.92 Å². The van der Waals surface area contributed by atoms with Gasteiger partial charge in [-0.2, -0.15) is 0 Å². The van der Waals surface area contributed by atoms with Gasteiger partial charge in [0.2, 0.25) is 11.7 Å². The molecule has 5 aliphatic rings. The van der Waals surface area contributed by atoms with Crippen molar-refractivity contribution in [2.45, 2.75) is 64.7 Å². The number of para-hydroxylation sites is 1. The third-order valence-electron chi connectivity index (χ3n) is 11.2. The average Bonchev–Trinajstić information content (AvgIpc) is 3.21. The molecular weight excluding hydrogens is 492 g/mol. The van der Waals surface area contributed by atoms with E-state index in [1.165, 1.54) is 0 Å². The number of carbonyl (C=O) groups excluding carboxylic acids is 3. The summed E-state index contributed by atoms with van der Waals surface area (Å²) in [6, 6.07) is 7.86. The largest absolute Gasteiger partial charge is 0.504 e. The lowest BCUT2D eigenvalue weighted by atomic mass is 9.50. The Morgan fingerprint density at radius 1 is 1.15 bits per heavy atom. The molecule has 2 saturated heterocycles. The van der Waals surface area contributed by atoms with Crippen molar-refractivity contribution in [2.24, 2.45) is 40.9 Å². The lowest BCUT2D eigenvalue weighted by Gasteiger charge is -2.46. The van der Waals surface area contributed by atoms with Gasteiger partial charge in [0, 0.05) is 47.3 Å². The number of aromatic nitrogens is 1. The zero-order chi connectivity index (χ0) is 27.4. The lowest BCUT2D eigenvalue weighted by Crippen LogP contribution is -2.58. The first kappa shape index (κ1) is 24.8. The van der Waals surface area contributed by atoms with E-state index in [1.807, 2.05) is 24.4 Å². The minimum Gasteiger partial charge on any atom is -0.504 e. The number of nitrogens with one attached hydrogen (secondary N) is 2. The maximum Gasteiger partial charge on any atom is 0.235 e. The lowest BCUT2D eigenvalue weighted by molar-refractivity contribution is -0.150. The number of hydrogen-bond donors (Lipinski definition) is 3. The van der Waals surface area contributed by atoms with Crippen LogP contribution >= 0.6 is 0 Å². The molecule has 7 rings (SSSR count). The van der Waals surface area contributed by atoms with Crippen molar-refractivity contribution < 1.29 is 24.2 Å². The number of amides is 1. The molecule has 3 aliphatic carbocycles. The van der Waals surface area contributed by atoms with Crippen LogP contribution in [0.2, 0.25) is 0 Å². The fourth-order valence-electron chi connectivity index (χ4n) is 9.05. The quantitative estimate of drug-likeness (QED) is 0.303. The molecule has 2 aromatic rings. The number of aromatic amines is 1. The third-order valence-corrected chi connectivity index (χ3v) is 11.2. The van der Waals surface area contributed by atoms with Crippen molar-refractivity contribution in [1.29, 1.82) is 0 Å². The highest BCUT2D eigenvalue weighted by Gasteiger charge is 2.78. The van der Waals surface area contributed by atoms with Gasteiger partial charge < -0.3 is 20.1 Å². The van der Waals surface area contributed by atoms with Crippen LogP contribution in [0.4, 0.5) is 0 Å². The monoisotopic (exact) mass is 528 g/mol. The molecule has 3 heterocycles. The van der Waals surface area contributed by atoms with E-state index < -0.39 is 22.9 Å². The molecule has 10 atom stereocenters. The molecule has 0 radical (unpaired) electrons. The van der Waals surface area contributed by atoms with E-state index in [0.29, 0.717) is 18.4 Å². The van der Waals surface area contributed by atoms with E-state index in [9.17, 15) is 19.5 Å². The normalized spacial score (nSPS) is 43.9. The Balaban J connectivity index is 1.34. The molecular formula is C32H36N2O5. The van der Waals surface area contributed by atoms with Crippen LogP contribution in [0.25, 0.3) is 10.9 Å². The van der Waals surface area contributed by atoms with E-state index >= 15 is 0 Å². The summed E-state index contributed by atoms with van der Waals surface area (Å²) >= 11 is 0. The molecule has 1 spiro atoms. The number of carbonyl (C=O) groups is 3. The molecule has 1 amide bonds. The molecule has 1 aromatic heterocycles. The highest BCUT2D eigenvalue weighted by Crippen LogP contribution is 2.66. The number of ketones is 2. The van der Waals surface area contributed by atoms with Crippen molar-refractivity contribution in [1.82, 2.24) is 10.3 Å². The summed E-state index contributed by atoms with van der Waals surface area (Å²) < 4.78 is 6.36. The zero-order valence-electron chi connectivity index (χ0n) is 22.9. The number of Topliss-reactive ketones (excluding diaryl/α,β-unsaturated/α-hetero) is 2. The number of fused-ring (bicyclic) bond motifs is 4. The Morgan fingerprint density at radius 2 is 1.92 bits per heavy atom. The van der Waals surface area contributed by atoms with E-state index in [4.69, 9.17) is 4.74 Å². The van der Waals surface area contributed by atoms with Crippen LogP contribution in [0.5, 0.6) is 0 Å². The Morgan fingerprint density at radius 3 is 2.72 bits per heavy atom. The van der Waals surface area contributed by atoms with E-state index in [2.05, 4.69) is 49.3 Å². The highest BCUT2D eigenvalue weighted by molar-refractivity contribution is 6.11. The first-order valence-electron chi connectivity index (χ1n) is 14.3. The summed E-state index contributed by atoms with van der Waals surface area (Å²) in [5.41, 5.74) is 1.08. The van der Waals surface area contributed by atoms with Crippen molar-refractivity contribution in [3.8, 4) is 0 Å². The standard InChI is InChI=1S/C32H36N2O5/c1-15-8-7-10-21-29-31(4,39-29)17(3)26-23(12-18-14-33-22-11-6-5-9-19(18)22)34-30(38)32(21,26)24(35)13-20-25(15)16(2)27(36)28(20)37/h5-7,9-11,14-15,17,20-21,23,25-26,29,33,36H,8,12-13H2,1-4H3,(H,34,38)/b10-7+/t15-,17-,20+,21-,23-,25-,26-,29-,31+,32-/m0/s1. The highest BCUT2D eigenvalue weighted by atomic mass is 16.6. The minimum atomic E-state index is -1.31. The smallest absolute Gasteiger partial charge is 0.235 e. The average molecular weight is 529 g/mol. The molecule has 0 bridgehead atoms. The third kappa shape index (κ3) is 3.11. The minimum absolute atomic E-state index is 0.0422. The van der Waals surface area contributed by atoms with E-state index in [-0.39, 0.29) is 65.5 Å². The predicted octanol–water partition coefficient (Wildman–Crippen LogP) is 4.44. The second-order valence-electron chi connectivity index (χ2n) is 12.9. The molecule has 7 heteroatoms. The SMILES string of the molecule is CC1=C(O)C(=O)[C@@H]2CC(=O)[C@]34C(=O)N[C@@H](Cc5c[nH]c6ccccc56)[C@@H]3[C@H](C)[C@@]3(C)O[C@H]3[C@@H]4/C=C/C[C@H](C)[C@@H]12. The van der Waals surface area contributed by atoms with Crippen LogP contribution in [0.15, 0.2) is 53.9 Å². The van der Waals surface area contributed by atoms with Crippen LogP contribution < -0.4 is 5.32 Å². The molecule has 1 saturated carbocycles. The van der Waals surface area contributed by atoms with Gasteiger partial charge in [0.05, 0.1) is 11.7 Å². The number of rotatable bonds is 2. The van der Waals surface area contributed by atoms with Crippen LogP contribution in [0.3, 0.4) is 0 Å². The Bertz CT molecular complexity index is 1490. The summed E-state index contributed by atoms with van der Waals surface area (Å²) in [6.07, 6.45) is 7.17. The number of aliphatic hydroxyl groups excluding tert-OH is 1. The van der Waals surface area contributed by atoms with Gasteiger partial charge in [-0.25, -0.2) is 0 Å². The number of benzene rings is 1. The van der Waals surface area contributed by atoms with E-state index in [0.717, 1.165) is 16.5 Å². The molecule has 3 fully saturated rings. The summed E-state index contributed by atoms with van der Waals surface area (Å²) in [6.45, 7) is 8.09. The molecule has 39 heavy (non-hydrogen) atoms. The Kier molecular flexibility index (Phi) is 5.20. The summed E-state index contributed by atoms with van der Waals surface area (Å²) in [4.78, 5) is 45.5. The predicted molar refractivity (Wildman–Crippen MR) is 146 cm³/mol. The number of aliphatic hydroxyl groups is 1. The van der Waals surface area contributed by atoms with Crippen LogP contribution in [0, 0.1) is 40.9 Å². The van der Waals surface area contributed by atoms with Crippen molar-refractivity contribution in [3.63, 3.8) is 0 Å². The van der Waals surface area contributed by atoms with Crippen LogP contribution in [0.1, 0.15) is 46.1 Å². The van der Waals surface area contributed by atoms with Gasteiger partial charge in [-0.15, -0.1) is 0 Å². The maximum absolute atomic E-state index is 14.7. The van der Waals surface area contributed by atoms with Gasteiger partial charge in [-0.1, -0.05) is 44.2 Å². The van der Waals surface area contributed by atoms with Gasteiger partial charge in [0.25, 0.3) is 0 Å². The second-order valence-corrected chi connectivity index (χ2v) is 12.9. The topological polar surface area (TPSA) is 112 Å². The Labute approximate surface area is 228 Å². The maximum atomic E-state index is 14.7. The number of ether oxygens (including phenoxy) is 1. The second kappa shape index (κ2) is 8.17. The first-order chi connectivity index (χ1) is 18.6. The molecule has 204 valence electrons. The summed E-state index contributed by atoms with van der Waals surface area (Å²) in [5.74, 6) is -2.51. The number of allylic oxidation sites excluding steroid dienone is 3. The fourth-order valence-corrected chi connectivity index (χ4v) is 9.05. The van der Waals surface area contributed by atoms with Crippen molar-refractivity contribution in [3.05, 3.63) is 59.5 Å². The van der Waals surface area contributed by atoms with Gasteiger partial charge in [0.1, 0.15) is 11.2 Å². The molecule has 3 N–H and O–H groups in total. The molecule has 1 aromatic carbocycles. The summed E-state index contributed by atoms with van der Waals surface area (Å²) in [5, 5.41) is 15.0. The first-order valence-corrected chi connectivity index (χ1v) is 14.3. The van der Waals surface area contributed by atoms with Crippen LogP contribution in [-0.4, -0.2) is 45.3 Å². The van der Waals surface area contributed by atoms with Gasteiger partial charge in [-0.05, 0) is 61.6 Å². The van der Waals surface area contributed by atoms with Gasteiger partial charge in [0.15, 0.2) is 5.76 Å². The van der Waals surface area contributed by atoms with Crippen molar-refractivity contribution >= 4 is 28.4 Å². The number of epoxide rings is 1. The molecule has 7 nitrogen and oxygen atoms in total. The van der Waals surface area contributed by atoms with Crippen molar-refractivity contribution in [2.75, 3.05) is 0 Å². The van der Waals surface area contributed by atoms with Gasteiger partial charge in [-0.3, -0.25) is 14.4 Å². The van der Waals surface area contributed by atoms with Gasteiger partial charge >= 0.3 is 0 Å². The molecule has 2 aliphatic heterocycles.